The number of benzene rings is 1. The molecule has 0 spiro atoms. The van der Waals surface area contributed by atoms with E-state index in [0.29, 0.717) is 32.7 Å². The van der Waals surface area contributed by atoms with Crippen LogP contribution in [0.15, 0.2) is 41.3 Å². The fourth-order valence-corrected chi connectivity index (χ4v) is 5.78. The summed E-state index contributed by atoms with van der Waals surface area (Å²) in [6.45, 7) is 5.29. The molecule has 1 aliphatic heterocycles. The number of pyridine rings is 1. The molecule has 1 unspecified atom stereocenters. The number of nitrogens with one attached hydrogen (secondary N) is 2. The van der Waals surface area contributed by atoms with E-state index in [4.69, 9.17) is 0 Å². The van der Waals surface area contributed by atoms with E-state index in [-0.39, 0.29) is 29.8 Å². The first-order valence-electron chi connectivity index (χ1n) is 11.5. The standard InChI is InChI=1S/C24H29N5O4S2/c1-15(2)20-8-5-13-29(20)21(30)11-12-25-23(31)28-24-27-19-10-9-18(26-22(19)34-24)16-6-4-7-17(14-16)35(3,32)33/h4,6-7,9-10,14-15,20H,5,8,11-13H2,1-3H3,(H2,25,27,28,31). The summed E-state index contributed by atoms with van der Waals surface area (Å²) >= 11 is 1.22. The number of aromatic nitrogens is 2. The van der Waals surface area contributed by atoms with Crippen LogP contribution in [0.5, 0.6) is 0 Å². The number of sulfone groups is 1. The van der Waals surface area contributed by atoms with Crippen molar-refractivity contribution in [3.8, 4) is 11.3 Å². The molecule has 1 aliphatic rings. The van der Waals surface area contributed by atoms with Crippen LogP contribution < -0.4 is 10.6 Å². The normalized spacial score (nSPS) is 16.1. The van der Waals surface area contributed by atoms with Crippen LogP contribution in [0.4, 0.5) is 9.93 Å². The number of thiazole rings is 1. The molecule has 1 aromatic carbocycles. The maximum absolute atomic E-state index is 12.5. The van der Waals surface area contributed by atoms with E-state index >= 15 is 0 Å². The Morgan fingerprint density at radius 3 is 2.74 bits per heavy atom. The quantitative estimate of drug-likeness (QED) is 0.492. The summed E-state index contributed by atoms with van der Waals surface area (Å²) in [5, 5.41) is 5.81. The lowest BCUT2D eigenvalue weighted by atomic mass is 10.0. The lowest BCUT2D eigenvalue weighted by Crippen LogP contribution is -2.40. The Kier molecular flexibility index (Phi) is 7.36. The Bertz CT molecular complexity index is 1350. The number of nitrogens with zero attached hydrogens (tertiary/aromatic N) is 3. The van der Waals surface area contributed by atoms with E-state index in [2.05, 4.69) is 34.4 Å². The molecule has 1 atom stereocenters. The molecule has 35 heavy (non-hydrogen) atoms. The number of carbonyl (C=O) groups is 2. The molecule has 3 aromatic rings. The average Bonchev–Trinajstić information content (AvgIpc) is 3.45. The molecule has 9 nitrogen and oxygen atoms in total. The van der Waals surface area contributed by atoms with Crippen molar-refractivity contribution in [2.45, 2.75) is 44.0 Å². The van der Waals surface area contributed by atoms with Crippen LogP contribution in [-0.4, -0.2) is 60.6 Å². The highest BCUT2D eigenvalue weighted by Crippen LogP contribution is 2.28. The molecular formula is C24H29N5O4S2. The molecule has 2 aromatic heterocycles. The first kappa shape index (κ1) is 25.1. The number of hydrogen-bond acceptors (Lipinski definition) is 7. The van der Waals surface area contributed by atoms with Gasteiger partial charge in [0.25, 0.3) is 0 Å². The van der Waals surface area contributed by atoms with Crippen molar-refractivity contribution in [1.82, 2.24) is 20.2 Å². The Balaban J connectivity index is 1.36. The van der Waals surface area contributed by atoms with Crippen molar-refractivity contribution in [2.75, 3.05) is 24.7 Å². The van der Waals surface area contributed by atoms with Gasteiger partial charge in [0, 0.05) is 37.4 Å². The van der Waals surface area contributed by atoms with E-state index in [0.717, 1.165) is 19.4 Å². The summed E-state index contributed by atoms with van der Waals surface area (Å²) in [6, 6.07) is 10.0. The van der Waals surface area contributed by atoms with Crippen LogP contribution in [0.3, 0.4) is 0 Å². The third-order valence-electron chi connectivity index (χ3n) is 6.05. The summed E-state index contributed by atoms with van der Waals surface area (Å²) < 4.78 is 23.7. The zero-order chi connectivity index (χ0) is 25.2. The number of likely N-dealkylation sites (tertiary alicyclic amines) is 1. The SMILES string of the molecule is CC(C)C1CCCN1C(=O)CCNC(=O)Nc1nc2ccc(-c3cccc(S(C)(=O)=O)c3)nc2s1. The van der Waals surface area contributed by atoms with Crippen LogP contribution in [0, 0.1) is 5.92 Å². The summed E-state index contributed by atoms with van der Waals surface area (Å²) in [5.41, 5.74) is 1.91. The van der Waals surface area contributed by atoms with Gasteiger partial charge in [-0.05, 0) is 43.0 Å². The minimum absolute atomic E-state index is 0.0677. The fraction of sp³-hybridized carbons (Fsp3) is 0.417. The van der Waals surface area contributed by atoms with Crippen molar-refractivity contribution in [3.63, 3.8) is 0 Å². The second-order valence-corrected chi connectivity index (χ2v) is 12.0. The molecule has 3 heterocycles. The van der Waals surface area contributed by atoms with Gasteiger partial charge in [0.05, 0.1) is 10.6 Å². The van der Waals surface area contributed by atoms with Crippen molar-refractivity contribution in [1.29, 1.82) is 0 Å². The predicted molar refractivity (Wildman–Crippen MR) is 137 cm³/mol. The van der Waals surface area contributed by atoms with Gasteiger partial charge in [-0.1, -0.05) is 37.3 Å². The number of urea groups is 1. The Hall–Kier alpha value is -3.05. The van der Waals surface area contributed by atoms with Gasteiger partial charge in [-0.15, -0.1) is 0 Å². The second kappa shape index (κ2) is 10.3. The second-order valence-electron chi connectivity index (χ2n) is 9.01. The minimum atomic E-state index is -3.33. The molecule has 11 heteroatoms. The fourth-order valence-electron chi connectivity index (χ4n) is 4.28. The Morgan fingerprint density at radius 1 is 1.20 bits per heavy atom. The van der Waals surface area contributed by atoms with Gasteiger partial charge >= 0.3 is 6.03 Å². The Labute approximate surface area is 208 Å². The number of hydrogen-bond donors (Lipinski definition) is 2. The highest BCUT2D eigenvalue weighted by Gasteiger charge is 2.30. The van der Waals surface area contributed by atoms with Gasteiger partial charge in [-0.2, -0.15) is 0 Å². The molecule has 2 N–H and O–H groups in total. The lowest BCUT2D eigenvalue weighted by molar-refractivity contribution is -0.132. The van der Waals surface area contributed by atoms with Crippen LogP contribution in [0.1, 0.15) is 33.1 Å². The number of fused-ring (bicyclic) bond motifs is 1. The maximum atomic E-state index is 12.5. The predicted octanol–water partition coefficient (Wildman–Crippen LogP) is 3.92. The van der Waals surface area contributed by atoms with E-state index in [1.54, 1.807) is 36.4 Å². The van der Waals surface area contributed by atoms with Crippen molar-refractivity contribution in [2.24, 2.45) is 5.92 Å². The highest BCUT2D eigenvalue weighted by molar-refractivity contribution is 7.90. The average molecular weight is 516 g/mol. The number of rotatable bonds is 7. The highest BCUT2D eigenvalue weighted by atomic mass is 32.2. The van der Waals surface area contributed by atoms with Crippen molar-refractivity contribution in [3.05, 3.63) is 36.4 Å². The van der Waals surface area contributed by atoms with E-state index in [9.17, 15) is 18.0 Å². The molecule has 186 valence electrons. The zero-order valence-electron chi connectivity index (χ0n) is 19.9. The molecular weight excluding hydrogens is 486 g/mol. The Morgan fingerprint density at radius 2 is 2.00 bits per heavy atom. The number of carbonyl (C=O) groups excluding carboxylic acids is 2. The maximum Gasteiger partial charge on any atom is 0.321 e. The first-order valence-corrected chi connectivity index (χ1v) is 14.2. The molecule has 0 aliphatic carbocycles. The van der Waals surface area contributed by atoms with Gasteiger partial charge in [0.2, 0.25) is 5.91 Å². The molecule has 1 fully saturated rings. The first-order chi connectivity index (χ1) is 16.6. The largest absolute Gasteiger partial charge is 0.339 e. The van der Waals surface area contributed by atoms with E-state index < -0.39 is 15.9 Å². The summed E-state index contributed by atoms with van der Waals surface area (Å²) in [6.07, 6.45) is 3.49. The third-order valence-corrected chi connectivity index (χ3v) is 8.04. The van der Waals surface area contributed by atoms with Crippen LogP contribution in [-0.2, 0) is 14.6 Å². The summed E-state index contributed by atoms with van der Waals surface area (Å²) in [4.78, 5) is 36.6. The van der Waals surface area contributed by atoms with Gasteiger partial charge < -0.3 is 10.2 Å². The molecule has 0 bridgehead atoms. The molecule has 0 radical (unpaired) electrons. The van der Waals surface area contributed by atoms with Gasteiger partial charge in [-0.3, -0.25) is 10.1 Å². The monoisotopic (exact) mass is 515 g/mol. The van der Waals surface area contributed by atoms with Crippen LogP contribution in [0.25, 0.3) is 21.6 Å². The van der Waals surface area contributed by atoms with Crippen LogP contribution >= 0.6 is 11.3 Å². The van der Waals surface area contributed by atoms with Crippen LogP contribution in [0.2, 0.25) is 0 Å². The zero-order valence-corrected chi connectivity index (χ0v) is 21.6. The summed E-state index contributed by atoms with van der Waals surface area (Å²) in [5.74, 6) is 0.493. The smallest absolute Gasteiger partial charge is 0.321 e. The minimum Gasteiger partial charge on any atom is -0.339 e. The summed E-state index contributed by atoms with van der Waals surface area (Å²) in [7, 11) is -3.33. The number of amides is 3. The lowest BCUT2D eigenvalue weighted by Gasteiger charge is -2.27. The molecule has 4 rings (SSSR count). The molecule has 3 amide bonds. The molecule has 1 saturated heterocycles. The van der Waals surface area contributed by atoms with Crippen molar-refractivity contribution < 1.29 is 18.0 Å². The van der Waals surface area contributed by atoms with E-state index in [1.807, 2.05) is 4.90 Å². The molecule has 0 saturated carbocycles. The topological polar surface area (TPSA) is 121 Å². The van der Waals surface area contributed by atoms with Gasteiger partial charge in [-0.25, -0.2) is 23.2 Å². The number of anilines is 1. The van der Waals surface area contributed by atoms with E-state index in [1.165, 1.54) is 17.6 Å². The third kappa shape index (κ3) is 5.96. The van der Waals surface area contributed by atoms with Crippen molar-refractivity contribution >= 4 is 48.6 Å². The van der Waals surface area contributed by atoms with Gasteiger partial charge in [0.1, 0.15) is 10.3 Å². The van der Waals surface area contributed by atoms with Gasteiger partial charge in [0.15, 0.2) is 15.0 Å².